The predicted molar refractivity (Wildman–Crippen MR) is 87.5 cm³/mol. The average molecular weight is 298 g/mol. The highest BCUT2D eigenvalue weighted by Gasteiger charge is 2.27. The van der Waals surface area contributed by atoms with Gasteiger partial charge in [0.25, 0.3) is 0 Å². The van der Waals surface area contributed by atoms with Gasteiger partial charge in [-0.3, -0.25) is 0 Å². The third kappa shape index (κ3) is 3.54. The number of nitrogens with two attached hydrogens (primary N) is 1. The topological polar surface area (TPSA) is 73.1 Å². The first kappa shape index (κ1) is 14.8. The minimum absolute atomic E-state index is 0.141. The molecule has 1 aromatic carbocycles. The third-order valence-corrected chi connectivity index (χ3v) is 3.99. The Kier molecular flexibility index (Phi) is 4.53. The molecular weight excluding hydrogens is 276 g/mol. The maximum Gasteiger partial charge on any atom is 0.222 e. The van der Waals surface area contributed by atoms with E-state index in [2.05, 4.69) is 39.6 Å². The van der Waals surface area contributed by atoms with Crippen molar-refractivity contribution < 1.29 is 4.74 Å². The molecule has 0 bridgehead atoms. The van der Waals surface area contributed by atoms with Gasteiger partial charge in [-0.25, -0.2) is 4.98 Å². The van der Waals surface area contributed by atoms with Crippen molar-refractivity contribution in [1.82, 2.24) is 9.97 Å². The van der Waals surface area contributed by atoms with Crippen molar-refractivity contribution >= 4 is 11.8 Å². The molecule has 5 nitrogen and oxygen atoms in total. The van der Waals surface area contributed by atoms with E-state index in [4.69, 9.17) is 10.5 Å². The molecule has 0 radical (unpaired) electrons. The van der Waals surface area contributed by atoms with Crippen LogP contribution in [0.1, 0.15) is 30.2 Å². The maximum absolute atomic E-state index is 6.02. The number of nitrogens with one attached hydrogen (secondary N) is 1. The molecule has 3 N–H and O–H groups in total. The van der Waals surface area contributed by atoms with Crippen molar-refractivity contribution in [3.63, 3.8) is 0 Å². The van der Waals surface area contributed by atoms with Crippen LogP contribution in [0, 0.1) is 12.8 Å². The van der Waals surface area contributed by atoms with Crippen molar-refractivity contribution in [2.24, 2.45) is 5.92 Å². The molecule has 0 unspecified atom stereocenters. The molecule has 3 rings (SSSR count). The Morgan fingerprint density at radius 2 is 2.09 bits per heavy atom. The number of hydrogen-bond acceptors (Lipinski definition) is 5. The molecule has 5 heteroatoms. The van der Waals surface area contributed by atoms with Crippen molar-refractivity contribution in [1.29, 1.82) is 0 Å². The summed E-state index contributed by atoms with van der Waals surface area (Å²) < 4.78 is 6.02. The normalized spacial score (nSPS) is 21.5. The summed E-state index contributed by atoms with van der Waals surface area (Å²) in [5, 5.41) is 3.38. The van der Waals surface area contributed by atoms with E-state index in [0.29, 0.717) is 11.9 Å². The van der Waals surface area contributed by atoms with E-state index in [1.165, 1.54) is 5.56 Å². The molecule has 1 saturated heterocycles. The second-order valence-electron chi connectivity index (χ2n) is 5.74. The lowest BCUT2D eigenvalue weighted by Gasteiger charge is -2.32. The monoisotopic (exact) mass is 298 g/mol. The molecule has 1 aromatic heterocycles. The molecule has 2 heterocycles. The van der Waals surface area contributed by atoms with Gasteiger partial charge < -0.3 is 15.8 Å². The Bertz CT molecular complexity index is 597. The Morgan fingerprint density at radius 1 is 1.27 bits per heavy atom. The van der Waals surface area contributed by atoms with Crippen molar-refractivity contribution in [2.75, 3.05) is 24.2 Å². The van der Waals surface area contributed by atoms with Crippen LogP contribution in [0.4, 0.5) is 11.8 Å². The van der Waals surface area contributed by atoms with Gasteiger partial charge in [0.2, 0.25) is 5.95 Å². The van der Waals surface area contributed by atoms with Gasteiger partial charge in [-0.05, 0) is 25.3 Å². The average Bonchev–Trinajstić information content (AvgIpc) is 2.53. The number of nitrogen functional groups attached to an aromatic ring is 1. The molecule has 2 atom stereocenters. The second kappa shape index (κ2) is 6.75. The van der Waals surface area contributed by atoms with Crippen molar-refractivity contribution in [3.8, 4) is 0 Å². The number of benzene rings is 1. The molecule has 0 aliphatic carbocycles. The van der Waals surface area contributed by atoms with Gasteiger partial charge >= 0.3 is 0 Å². The van der Waals surface area contributed by atoms with Gasteiger partial charge in [0.15, 0.2) is 0 Å². The highest BCUT2D eigenvalue weighted by molar-refractivity contribution is 5.40. The zero-order valence-electron chi connectivity index (χ0n) is 12.8. The molecule has 0 spiro atoms. The van der Waals surface area contributed by atoms with Gasteiger partial charge in [0.1, 0.15) is 5.82 Å². The summed E-state index contributed by atoms with van der Waals surface area (Å²) in [7, 11) is 0. The van der Waals surface area contributed by atoms with E-state index >= 15 is 0 Å². The number of hydrogen-bond donors (Lipinski definition) is 2. The summed E-state index contributed by atoms with van der Waals surface area (Å²) in [6.45, 7) is 3.56. The molecule has 1 fully saturated rings. The first-order valence-corrected chi connectivity index (χ1v) is 7.74. The Hall–Kier alpha value is -2.14. The molecule has 1 aliphatic rings. The highest BCUT2D eigenvalue weighted by Crippen LogP contribution is 2.33. The standard InChI is InChI=1S/C17H22N4O/c1-12-10-15(21-17(18)20-12)19-11-14-8-5-9-22-16(14)13-6-3-2-4-7-13/h2-4,6-7,10,14,16H,5,8-9,11H2,1H3,(H3,18,19,20,21)/t14-,16+/m0/s1. The quantitative estimate of drug-likeness (QED) is 0.908. The molecule has 0 amide bonds. The lowest BCUT2D eigenvalue weighted by Crippen LogP contribution is -2.28. The molecule has 116 valence electrons. The summed E-state index contributed by atoms with van der Waals surface area (Å²) in [6.07, 6.45) is 2.38. The molecule has 2 aromatic rings. The van der Waals surface area contributed by atoms with E-state index < -0.39 is 0 Å². The smallest absolute Gasteiger partial charge is 0.222 e. The van der Waals surface area contributed by atoms with Crippen LogP contribution in [0.5, 0.6) is 0 Å². The maximum atomic E-state index is 6.02. The van der Waals surface area contributed by atoms with Gasteiger partial charge in [-0.15, -0.1) is 0 Å². The number of aryl methyl sites for hydroxylation is 1. The Balaban J connectivity index is 1.69. The molecular formula is C17H22N4O. The Labute approximate surface area is 130 Å². The molecule has 0 saturated carbocycles. The summed E-state index contributed by atoms with van der Waals surface area (Å²) in [6, 6.07) is 12.3. The number of aromatic nitrogens is 2. The van der Waals surface area contributed by atoms with Crippen molar-refractivity contribution in [2.45, 2.75) is 25.9 Å². The van der Waals surface area contributed by atoms with E-state index in [1.54, 1.807) is 0 Å². The zero-order chi connectivity index (χ0) is 15.4. The van der Waals surface area contributed by atoms with E-state index in [-0.39, 0.29) is 6.10 Å². The minimum Gasteiger partial charge on any atom is -0.373 e. The zero-order valence-corrected chi connectivity index (χ0v) is 12.8. The number of anilines is 2. The number of ether oxygens (including phenoxy) is 1. The van der Waals surface area contributed by atoms with Crippen LogP contribution in [0.2, 0.25) is 0 Å². The van der Waals surface area contributed by atoms with E-state index in [0.717, 1.165) is 37.5 Å². The highest BCUT2D eigenvalue weighted by atomic mass is 16.5. The van der Waals surface area contributed by atoms with Crippen molar-refractivity contribution in [3.05, 3.63) is 47.7 Å². The first-order valence-electron chi connectivity index (χ1n) is 7.74. The second-order valence-corrected chi connectivity index (χ2v) is 5.74. The van der Waals surface area contributed by atoms with Gasteiger partial charge in [0, 0.05) is 30.8 Å². The lowest BCUT2D eigenvalue weighted by molar-refractivity contribution is -0.0238. The largest absolute Gasteiger partial charge is 0.373 e. The van der Waals surface area contributed by atoms with E-state index in [9.17, 15) is 0 Å². The van der Waals surface area contributed by atoms with Crippen LogP contribution in [0.15, 0.2) is 36.4 Å². The summed E-state index contributed by atoms with van der Waals surface area (Å²) in [5.74, 6) is 1.51. The lowest BCUT2D eigenvalue weighted by atomic mass is 9.89. The molecule has 1 aliphatic heterocycles. The fourth-order valence-electron chi connectivity index (χ4n) is 2.98. The predicted octanol–water partition coefficient (Wildman–Crippen LogP) is 2.95. The van der Waals surface area contributed by atoms with Crippen LogP contribution >= 0.6 is 0 Å². The fourth-order valence-corrected chi connectivity index (χ4v) is 2.98. The van der Waals surface area contributed by atoms with Crippen LogP contribution in [0.25, 0.3) is 0 Å². The minimum atomic E-state index is 0.141. The van der Waals surface area contributed by atoms with Gasteiger partial charge in [-0.1, -0.05) is 30.3 Å². The van der Waals surface area contributed by atoms with Gasteiger partial charge in [0.05, 0.1) is 6.10 Å². The third-order valence-electron chi connectivity index (χ3n) is 3.99. The first-order chi connectivity index (χ1) is 10.7. The summed E-state index contributed by atoms with van der Waals surface area (Å²) >= 11 is 0. The number of nitrogens with zero attached hydrogens (tertiary/aromatic N) is 2. The van der Waals surface area contributed by atoms with Gasteiger partial charge in [-0.2, -0.15) is 4.98 Å². The van der Waals surface area contributed by atoms with Crippen LogP contribution < -0.4 is 11.1 Å². The SMILES string of the molecule is Cc1cc(NC[C@@H]2CCCO[C@@H]2c2ccccc2)nc(N)n1. The summed E-state index contributed by atoms with van der Waals surface area (Å²) in [4.78, 5) is 8.32. The van der Waals surface area contributed by atoms with Crippen LogP contribution in [-0.2, 0) is 4.74 Å². The van der Waals surface area contributed by atoms with Crippen LogP contribution in [0.3, 0.4) is 0 Å². The Morgan fingerprint density at radius 3 is 2.86 bits per heavy atom. The fraction of sp³-hybridized carbons (Fsp3) is 0.412. The van der Waals surface area contributed by atoms with Crippen LogP contribution in [-0.4, -0.2) is 23.1 Å². The summed E-state index contributed by atoms with van der Waals surface area (Å²) in [5.41, 5.74) is 7.81. The number of rotatable bonds is 4. The molecule has 22 heavy (non-hydrogen) atoms. The van der Waals surface area contributed by atoms with E-state index in [1.807, 2.05) is 19.1 Å².